The van der Waals surface area contributed by atoms with Crippen molar-refractivity contribution in [3.63, 3.8) is 0 Å². The van der Waals surface area contributed by atoms with Crippen molar-refractivity contribution in [2.75, 3.05) is 49.0 Å². The van der Waals surface area contributed by atoms with Crippen LogP contribution in [-0.4, -0.2) is 136 Å². The number of nitrogens with zero attached hydrogens (tertiary/aromatic N) is 3. The number of likely N-dealkylation sites (N-methyl/N-ethyl adjacent to an activating group) is 2. The second kappa shape index (κ2) is 22.1. The molecule has 0 saturated carbocycles. The van der Waals surface area contributed by atoms with Crippen LogP contribution in [0.25, 0.3) is 0 Å². The second-order valence-electron chi connectivity index (χ2n) is 15.7. The third-order valence-corrected chi connectivity index (χ3v) is 11.0. The Morgan fingerprint density at radius 2 is 1.52 bits per heavy atom. The lowest BCUT2D eigenvalue weighted by Crippen LogP contribution is -2.59. The van der Waals surface area contributed by atoms with Gasteiger partial charge < -0.3 is 34.6 Å². The number of rotatable bonds is 21. The second-order valence-corrected chi connectivity index (χ2v) is 15.7. The fourth-order valence-electron chi connectivity index (χ4n) is 7.90. The van der Waals surface area contributed by atoms with E-state index in [0.29, 0.717) is 13.0 Å². The van der Waals surface area contributed by atoms with Gasteiger partial charge in [0, 0.05) is 37.1 Å². The molecule has 1 fully saturated rings. The number of nitrogens with one attached hydrogen (secondary N) is 2. The number of carbonyl (C=O) groups is 5. The van der Waals surface area contributed by atoms with E-state index in [1.807, 2.05) is 90.9 Å². The van der Waals surface area contributed by atoms with E-state index in [-0.39, 0.29) is 63.1 Å². The van der Waals surface area contributed by atoms with E-state index in [1.165, 1.54) is 14.2 Å². The van der Waals surface area contributed by atoms with E-state index in [1.54, 1.807) is 30.9 Å². The minimum atomic E-state index is -0.890. The third kappa shape index (κ3) is 12.2. The monoisotopic (exact) mass is 764 g/mol. The molecular weight excluding hydrogens is 690 g/mol. The van der Waals surface area contributed by atoms with Crippen LogP contribution in [0.15, 0.2) is 30.3 Å². The molecule has 0 aromatic heterocycles. The summed E-state index contributed by atoms with van der Waals surface area (Å²) < 4.78 is 16.9. The van der Waals surface area contributed by atoms with Crippen molar-refractivity contribution in [1.82, 2.24) is 25.3 Å². The Balaban J connectivity index is 0.0000151. The molecule has 4 amide bonds. The molecule has 0 spiro atoms. The molecule has 1 saturated heterocycles. The largest absolute Gasteiger partial charge is 0.467 e. The Labute approximate surface area is 327 Å². The number of amides is 4. The maximum atomic E-state index is 14.2. The number of benzene rings is 1. The lowest BCUT2D eigenvalue weighted by molar-refractivity contribution is -0.149. The van der Waals surface area contributed by atoms with Gasteiger partial charge in [0.25, 0.3) is 0 Å². The number of carbonyl (C=O) groups excluding carboxylic acids is 5. The van der Waals surface area contributed by atoms with Crippen molar-refractivity contribution in [3.8, 4) is 0 Å². The number of ether oxygens (including phenoxy) is 3. The predicted molar refractivity (Wildman–Crippen MR) is 214 cm³/mol. The molecule has 310 valence electrons. The quantitative estimate of drug-likeness (QED) is 0.177. The van der Waals surface area contributed by atoms with Crippen molar-refractivity contribution < 1.29 is 41.0 Å². The van der Waals surface area contributed by atoms with Gasteiger partial charge in [0.15, 0.2) is 0 Å². The van der Waals surface area contributed by atoms with Crippen LogP contribution in [0, 0.1) is 23.7 Å². The summed E-state index contributed by atoms with van der Waals surface area (Å²) in [6, 6.07) is 6.46. The molecular formula is C41H73N5O8. The highest BCUT2D eigenvalue weighted by atomic mass is 16.5. The number of esters is 1. The molecule has 1 heterocycles. The normalized spacial score (nSPS) is 19.0. The van der Waals surface area contributed by atoms with E-state index in [0.717, 1.165) is 18.4 Å². The van der Waals surface area contributed by atoms with Gasteiger partial charge in [0.05, 0.1) is 49.8 Å². The van der Waals surface area contributed by atoms with Gasteiger partial charge in [0.2, 0.25) is 23.6 Å². The minimum absolute atomic E-state index is 0. The number of hydrogen-bond acceptors (Lipinski definition) is 9. The van der Waals surface area contributed by atoms with Crippen molar-refractivity contribution in [1.29, 1.82) is 0 Å². The fourth-order valence-corrected chi connectivity index (χ4v) is 7.90. The Hall–Kier alpha value is -3.55. The first-order valence-electron chi connectivity index (χ1n) is 19.5. The van der Waals surface area contributed by atoms with Gasteiger partial charge in [-0.1, -0.05) is 85.2 Å². The number of hydrogen-bond donors (Lipinski definition) is 2. The SMILES string of the molecule is CCC(C)[C@@H]([C@@H](CC(=O)N1CCC[C@H]1[C@H](OC)[C@@H](C)C(=O)NC(Cc1ccccc1)C(=O)OC)OC)N(C)C(=O)[C@@H](NC(=O)[C@H](C(C)C)N(C)C)C(C)C.[HH].[HH]. The third-order valence-electron chi connectivity index (χ3n) is 11.0. The van der Waals surface area contributed by atoms with Crippen LogP contribution in [-0.2, 0) is 44.6 Å². The van der Waals surface area contributed by atoms with Crippen LogP contribution in [0.1, 0.15) is 82.6 Å². The Morgan fingerprint density at radius 3 is 2.02 bits per heavy atom. The average molecular weight is 764 g/mol. The molecule has 2 unspecified atom stereocenters. The molecule has 13 nitrogen and oxygen atoms in total. The zero-order chi connectivity index (χ0) is 40.9. The highest BCUT2D eigenvalue weighted by Crippen LogP contribution is 2.30. The van der Waals surface area contributed by atoms with Crippen molar-refractivity contribution in [2.45, 2.75) is 123 Å². The first-order valence-corrected chi connectivity index (χ1v) is 19.5. The van der Waals surface area contributed by atoms with Gasteiger partial charge in [0.1, 0.15) is 12.1 Å². The van der Waals surface area contributed by atoms with E-state index < -0.39 is 48.3 Å². The Kier molecular flexibility index (Phi) is 19.1. The molecule has 1 aromatic carbocycles. The molecule has 1 aliphatic rings. The van der Waals surface area contributed by atoms with Gasteiger partial charge >= 0.3 is 5.97 Å². The summed E-state index contributed by atoms with van der Waals surface area (Å²) in [4.78, 5) is 73.5. The molecule has 2 N–H and O–H groups in total. The highest BCUT2D eigenvalue weighted by molar-refractivity contribution is 5.90. The first kappa shape index (κ1) is 46.6. The van der Waals surface area contributed by atoms with Crippen LogP contribution in [0.4, 0.5) is 0 Å². The summed E-state index contributed by atoms with van der Waals surface area (Å²) >= 11 is 0. The lowest BCUT2D eigenvalue weighted by atomic mass is 9.89. The zero-order valence-electron chi connectivity index (χ0n) is 35.1. The van der Waals surface area contributed by atoms with E-state index in [4.69, 9.17) is 14.2 Å². The number of likely N-dealkylation sites (tertiary alicyclic amines) is 1. The summed E-state index contributed by atoms with van der Waals surface area (Å²) in [5, 5.41) is 5.89. The van der Waals surface area contributed by atoms with Gasteiger partial charge in [-0.25, -0.2) is 4.79 Å². The summed E-state index contributed by atoms with van der Waals surface area (Å²) in [5.41, 5.74) is 0.876. The summed E-state index contributed by atoms with van der Waals surface area (Å²) in [6.07, 6.45) is 1.08. The minimum Gasteiger partial charge on any atom is -0.467 e. The van der Waals surface area contributed by atoms with Crippen LogP contribution in [0.3, 0.4) is 0 Å². The van der Waals surface area contributed by atoms with Gasteiger partial charge in [-0.3, -0.25) is 24.1 Å². The Morgan fingerprint density at radius 1 is 0.889 bits per heavy atom. The van der Waals surface area contributed by atoms with Gasteiger partial charge in [-0.05, 0) is 50.3 Å². The van der Waals surface area contributed by atoms with Crippen molar-refractivity contribution in [3.05, 3.63) is 35.9 Å². The topological polar surface area (TPSA) is 147 Å². The standard InChI is InChI=1S/C41H69N5O8.2H2/c1-14-27(6)36(45(10)40(50)34(25(2)3)43-39(49)35(26(4)5)44(8)9)32(52-11)24-33(47)46-22-18-21-31(46)37(53-12)28(7)38(48)42-30(41(51)54-13)23-29-19-16-15-17-20-29;;/h15-17,19-20,25-28,30-32,34-37H,14,18,21-24H2,1-13H3,(H,42,48)(H,43,49);2*1H/t27?,28-,30?,31+,32-,34+,35+,36+,37-;;/m1../s1. The molecule has 2 rings (SSSR count). The summed E-state index contributed by atoms with van der Waals surface area (Å²) in [5.74, 6) is -2.41. The lowest BCUT2D eigenvalue weighted by Gasteiger charge is -2.41. The molecule has 13 heteroatoms. The van der Waals surface area contributed by atoms with Crippen LogP contribution in [0.5, 0.6) is 0 Å². The summed E-state index contributed by atoms with van der Waals surface area (Å²) in [7, 11) is 9.80. The molecule has 0 radical (unpaired) electrons. The average Bonchev–Trinajstić information content (AvgIpc) is 3.62. The zero-order valence-corrected chi connectivity index (χ0v) is 35.1. The predicted octanol–water partition coefficient (Wildman–Crippen LogP) is 4.03. The highest BCUT2D eigenvalue weighted by Gasteiger charge is 2.43. The van der Waals surface area contributed by atoms with Crippen LogP contribution in [0.2, 0.25) is 0 Å². The molecule has 1 aliphatic heterocycles. The van der Waals surface area contributed by atoms with Gasteiger partial charge in [-0.2, -0.15) is 0 Å². The van der Waals surface area contributed by atoms with Crippen LogP contribution < -0.4 is 10.6 Å². The maximum absolute atomic E-state index is 14.2. The van der Waals surface area contributed by atoms with Crippen LogP contribution >= 0.6 is 0 Å². The molecule has 54 heavy (non-hydrogen) atoms. The molecule has 0 aliphatic carbocycles. The number of methoxy groups -OCH3 is 3. The maximum Gasteiger partial charge on any atom is 0.328 e. The first-order chi connectivity index (χ1) is 25.4. The fraction of sp³-hybridized carbons (Fsp3) is 0.732. The van der Waals surface area contributed by atoms with E-state index in [9.17, 15) is 24.0 Å². The van der Waals surface area contributed by atoms with Gasteiger partial charge in [-0.15, -0.1) is 0 Å². The molecule has 1 aromatic rings. The van der Waals surface area contributed by atoms with E-state index in [2.05, 4.69) is 10.6 Å². The van der Waals surface area contributed by atoms with Crippen molar-refractivity contribution >= 4 is 29.6 Å². The smallest absolute Gasteiger partial charge is 0.328 e. The molecule has 9 atom stereocenters. The molecule has 0 bridgehead atoms. The van der Waals surface area contributed by atoms with Crippen molar-refractivity contribution in [2.24, 2.45) is 23.7 Å². The summed E-state index contributed by atoms with van der Waals surface area (Å²) in [6.45, 7) is 14.1. The van der Waals surface area contributed by atoms with E-state index >= 15 is 0 Å². The Bertz CT molecular complexity index is 1360.